The molecule has 0 unspecified atom stereocenters. The Bertz CT molecular complexity index is 821. The first-order valence-corrected chi connectivity index (χ1v) is 9.52. The maximum atomic E-state index is 12.4. The van der Waals surface area contributed by atoms with E-state index in [-0.39, 0.29) is 29.4 Å². The SMILES string of the molecule is NCCN1CCN(C(=O)NCCCN2C(=O)c3ccc([N+](=O)[O-])cc3C2=O)CC1. The lowest BCUT2D eigenvalue weighted by Crippen LogP contribution is -2.52. The highest BCUT2D eigenvalue weighted by molar-refractivity contribution is 6.21. The predicted molar refractivity (Wildman–Crippen MR) is 104 cm³/mol. The van der Waals surface area contributed by atoms with Crippen molar-refractivity contribution in [2.24, 2.45) is 5.73 Å². The van der Waals surface area contributed by atoms with E-state index in [1.54, 1.807) is 4.90 Å². The summed E-state index contributed by atoms with van der Waals surface area (Å²) >= 11 is 0. The molecule has 2 aliphatic rings. The van der Waals surface area contributed by atoms with Gasteiger partial charge in [-0.25, -0.2) is 4.79 Å². The smallest absolute Gasteiger partial charge is 0.317 e. The average Bonchev–Trinajstić information content (AvgIpc) is 2.96. The van der Waals surface area contributed by atoms with E-state index < -0.39 is 16.7 Å². The number of nitrogens with two attached hydrogens (primary N) is 1. The fourth-order valence-corrected chi connectivity index (χ4v) is 3.50. The minimum atomic E-state index is -0.605. The molecule has 156 valence electrons. The number of fused-ring (bicyclic) bond motifs is 1. The van der Waals surface area contributed by atoms with E-state index in [0.29, 0.717) is 32.6 Å². The van der Waals surface area contributed by atoms with Gasteiger partial charge in [-0.2, -0.15) is 0 Å². The van der Waals surface area contributed by atoms with Crippen LogP contribution in [0.3, 0.4) is 0 Å². The Morgan fingerprint density at radius 2 is 1.79 bits per heavy atom. The van der Waals surface area contributed by atoms with Crippen molar-refractivity contribution in [2.45, 2.75) is 6.42 Å². The second-order valence-electron chi connectivity index (χ2n) is 6.95. The first-order chi connectivity index (χ1) is 13.9. The molecule has 0 aliphatic carbocycles. The van der Waals surface area contributed by atoms with E-state index in [9.17, 15) is 24.5 Å². The maximum absolute atomic E-state index is 12.4. The molecule has 0 radical (unpaired) electrons. The minimum Gasteiger partial charge on any atom is -0.338 e. The molecular weight excluding hydrogens is 380 g/mol. The lowest BCUT2D eigenvalue weighted by molar-refractivity contribution is -0.384. The Morgan fingerprint density at radius 3 is 2.45 bits per heavy atom. The quantitative estimate of drug-likeness (QED) is 0.279. The third kappa shape index (κ3) is 4.51. The van der Waals surface area contributed by atoms with Crippen LogP contribution < -0.4 is 11.1 Å². The molecular formula is C18H24N6O5. The largest absolute Gasteiger partial charge is 0.338 e. The molecule has 4 amide bonds. The van der Waals surface area contributed by atoms with Crippen LogP contribution in [0.15, 0.2) is 18.2 Å². The summed E-state index contributed by atoms with van der Waals surface area (Å²) in [6, 6.07) is 3.47. The van der Waals surface area contributed by atoms with Crippen molar-refractivity contribution in [2.75, 3.05) is 52.4 Å². The van der Waals surface area contributed by atoms with Crippen molar-refractivity contribution in [3.63, 3.8) is 0 Å². The van der Waals surface area contributed by atoms with Crippen LogP contribution >= 0.6 is 0 Å². The number of carbonyl (C=O) groups excluding carboxylic acids is 3. The molecule has 0 atom stereocenters. The Labute approximate surface area is 167 Å². The Morgan fingerprint density at radius 1 is 1.10 bits per heavy atom. The topological polar surface area (TPSA) is 142 Å². The van der Waals surface area contributed by atoms with Gasteiger partial charge in [0.25, 0.3) is 17.5 Å². The van der Waals surface area contributed by atoms with E-state index in [4.69, 9.17) is 5.73 Å². The highest BCUT2D eigenvalue weighted by Crippen LogP contribution is 2.26. The van der Waals surface area contributed by atoms with Crippen LogP contribution in [-0.4, -0.2) is 89.8 Å². The van der Waals surface area contributed by atoms with Gasteiger partial charge in [0.1, 0.15) is 0 Å². The number of non-ortho nitro benzene ring substituents is 1. The predicted octanol–water partition coefficient (Wildman–Crippen LogP) is -0.133. The van der Waals surface area contributed by atoms with Crippen molar-refractivity contribution in [1.29, 1.82) is 0 Å². The normalized spacial score (nSPS) is 16.9. The summed E-state index contributed by atoms with van der Waals surface area (Å²) in [5.41, 5.74) is 5.52. The maximum Gasteiger partial charge on any atom is 0.317 e. The molecule has 1 aromatic rings. The van der Waals surface area contributed by atoms with Gasteiger partial charge in [-0.05, 0) is 12.5 Å². The number of hydrogen-bond donors (Lipinski definition) is 2. The molecule has 0 bridgehead atoms. The van der Waals surface area contributed by atoms with Crippen molar-refractivity contribution < 1.29 is 19.3 Å². The van der Waals surface area contributed by atoms with Crippen LogP contribution in [0.1, 0.15) is 27.1 Å². The number of imide groups is 1. The van der Waals surface area contributed by atoms with Gasteiger partial charge in [0.2, 0.25) is 0 Å². The zero-order valence-corrected chi connectivity index (χ0v) is 16.0. The summed E-state index contributed by atoms with van der Waals surface area (Å²) in [6.07, 6.45) is 0.395. The van der Waals surface area contributed by atoms with Gasteiger partial charge in [-0.3, -0.25) is 29.5 Å². The summed E-state index contributed by atoms with van der Waals surface area (Å²) in [6.45, 7) is 4.68. The molecule has 0 aromatic heterocycles. The standard InChI is InChI=1S/C18H24N6O5/c19-4-7-21-8-10-22(11-9-21)18(27)20-5-1-6-23-16(25)14-3-2-13(24(28)29)12-15(14)17(23)26/h2-3,12H,1,4-11,19H2,(H,20,27). The molecule has 1 saturated heterocycles. The second kappa shape index (κ2) is 8.97. The molecule has 29 heavy (non-hydrogen) atoms. The van der Waals surface area contributed by atoms with Crippen LogP contribution in [0.25, 0.3) is 0 Å². The summed E-state index contributed by atoms with van der Waals surface area (Å²) in [7, 11) is 0. The summed E-state index contributed by atoms with van der Waals surface area (Å²) in [4.78, 5) is 52.3. The number of hydrogen-bond acceptors (Lipinski definition) is 7. The highest BCUT2D eigenvalue weighted by Gasteiger charge is 2.36. The number of nitro groups is 1. The fourth-order valence-electron chi connectivity index (χ4n) is 3.50. The first-order valence-electron chi connectivity index (χ1n) is 9.52. The average molecular weight is 404 g/mol. The van der Waals surface area contributed by atoms with Crippen molar-refractivity contribution >= 4 is 23.5 Å². The van der Waals surface area contributed by atoms with Crippen molar-refractivity contribution in [3.05, 3.63) is 39.4 Å². The summed E-state index contributed by atoms with van der Waals surface area (Å²) in [5, 5.41) is 13.7. The molecule has 3 rings (SSSR count). The molecule has 0 saturated carbocycles. The van der Waals surface area contributed by atoms with E-state index >= 15 is 0 Å². The van der Waals surface area contributed by atoms with Crippen LogP contribution in [0.4, 0.5) is 10.5 Å². The van der Waals surface area contributed by atoms with Gasteiger partial charge < -0.3 is 16.0 Å². The van der Waals surface area contributed by atoms with E-state index in [1.807, 2.05) is 0 Å². The molecule has 1 fully saturated rings. The van der Waals surface area contributed by atoms with Gasteiger partial charge in [-0.1, -0.05) is 0 Å². The number of nitro benzene ring substituents is 1. The van der Waals surface area contributed by atoms with E-state index in [1.165, 1.54) is 12.1 Å². The van der Waals surface area contributed by atoms with Gasteiger partial charge in [0.15, 0.2) is 0 Å². The Kier molecular flexibility index (Phi) is 6.39. The van der Waals surface area contributed by atoms with Gasteiger partial charge >= 0.3 is 6.03 Å². The van der Waals surface area contributed by atoms with E-state index in [2.05, 4.69) is 10.2 Å². The van der Waals surface area contributed by atoms with Crippen LogP contribution in [0, 0.1) is 10.1 Å². The molecule has 3 N–H and O–H groups in total. The Hall–Kier alpha value is -3.05. The van der Waals surface area contributed by atoms with Gasteiger partial charge in [0.05, 0.1) is 16.1 Å². The summed E-state index contributed by atoms with van der Waals surface area (Å²) < 4.78 is 0. The van der Waals surface area contributed by atoms with Crippen LogP contribution in [0.5, 0.6) is 0 Å². The monoisotopic (exact) mass is 404 g/mol. The molecule has 11 nitrogen and oxygen atoms in total. The van der Waals surface area contributed by atoms with Crippen molar-refractivity contribution in [3.8, 4) is 0 Å². The highest BCUT2D eigenvalue weighted by atomic mass is 16.6. The summed E-state index contributed by atoms with van der Waals surface area (Å²) in [5.74, 6) is -1.02. The zero-order chi connectivity index (χ0) is 21.0. The molecule has 2 heterocycles. The number of urea groups is 1. The lowest BCUT2D eigenvalue weighted by Gasteiger charge is -2.34. The third-order valence-corrected chi connectivity index (χ3v) is 5.10. The number of piperazine rings is 1. The van der Waals surface area contributed by atoms with Crippen molar-refractivity contribution in [1.82, 2.24) is 20.0 Å². The number of benzene rings is 1. The number of nitrogens with zero attached hydrogens (tertiary/aromatic N) is 4. The van der Waals surface area contributed by atoms with Crippen LogP contribution in [-0.2, 0) is 0 Å². The molecule has 2 aliphatic heterocycles. The Balaban J connectivity index is 1.45. The third-order valence-electron chi connectivity index (χ3n) is 5.10. The number of carbonyl (C=O) groups is 3. The lowest BCUT2D eigenvalue weighted by atomic mass is 10.1. The first kappa shape index (κ1) is 20.7. The zero-order valence-electron chi connectivity index (χ0n) is 16.0. The fraction of sp³-hybridized carbons (Fsp3) is 0.500. The minimum absolute atomic E-state index is 0.0450. The van der Waals surface area contributed by atoms with Gasteiger partial charge in [-0.15, -0.1) is 0 Å². The number of rotatable bonds is 7. The second-order valence-corrected chi connectivity index (χ2v) is 6.95. The molecule has 0 spiro atoms. The van der Waals surface area contributed by atoms with Gasteiger partial charge in [0, 0.05) is 64.5 Å². The van der Waals surface area contributed by atoms with Crippen LogP contribution in [0.2, 0.25) is 0 Å². The van der Waals surface area contributed by atoms with E-state index in [0.717, 1.165) is 30.6 Å². The number of amides is 4. The molecule has 1 aromatic carbocycles. The molecule has 11 heteroatoms. The number of nitrogens with one attached hydrogen (secondary N) is 1.